The lowest BCUT2D eigenvalue weighted by Gasteiger charge is -2.23. The Hall–Kier alpha value is -2.02. The summed E-state index contributed by atoms with van der Waals surface area (Å²) >= 11 is 0. The number of nitriles is 1. The maximum Gasteiger partial charge on any atom is 0.239 e. The van der Waals surface area contributed by atoms with Gasteiger partial charge in [0.25, 0.3) is 0 Å². The Balaban J connectivity index is 2.32. The average Bonchev–Trinajstić information content (AvgIpc) is 2.58. The van der Waals surface area contributed by atoms with Gasteiger partial charge in [0.2, 0.25) is 5.91 Å². The zero-order chi connectivity index (χ0) is 16.9. The number of hydrogen-bond acceptors (Lipinski definition) is 3. The van der Waals surface area contributed by atoms with Crippen molar-refractivity contribution in [1.82, 2.24) is 4.90 Å². The number of benzene rings is 1. The first kappa shape index (κ1) is 19.0. The van der Waals surface area contributed by atoms with Gasteiger partial charge in [0.15, 0.2) is 0 Å². The number of carbonyl (C=O) groups excluding carboxylic acids is 1. The van der Waals surface area contributed by atoms with Crippen LogP contribution in [0.1, 0.15) is 46.0 Å². The molecule has 0 aliphatic heterocycles. The van der Waals surface area contributed by atoms with Gasteiger partial charge in [-0.2, -0.15) is 5.26 Å². The highest BCUT2D eigenvalue weighted by Crippen LogP contribution is 2.14. The summed E-state index contributed by atoms with van der Waals surface area (Å²) in [6.07, 6.45) is 4.13. The van der Waals surface area contributed by atoms with Crippen LogP contribution in [0.15, 0.2) is 30.3 Å². The fourth-order valence-corrected chi connectivity index (χ4v) is 2.49. The second-order valence-electron chi connectivity index (χ2n) is 5.66. The van der Waals surface area contributed by atoms with Gasteiger partial charge in [-0.15, -0.1) is 0 Å². The monoisotopic (exact) mass is 316 g/mol. The van der Waals surface area contributed by atoms with Crippen LogP contribution in [0.4, 0.5) is 0 Å². The lowest BCUT2D eigenvalue weighted by Crippen LogP contribution is -2.37. The van der Waals surface area contributed by atoms with E-state index in [-0.39, 0.29) is 5.91 Å². The van der Waals surface area contributed by atoms with E-state index in [4.69, 9.17) is 4.74 Å². The molecule has 0 radical (unpaired) electrons. The van der Waals surface area contributed by atoms with E-state index in [1.54, 1.807) is 0 Å². The molecule has 23 heavy (non-hydrogen) atoms. The zero-order valence-corrected chi connectivity index (χ0v) is 14.3. The number of nitrogens with zero attached hydrogens (tertiary/aromatic N) is 2. The number of ether oxygens (including phenoxy) is 1. The normalized spacial score (nSPS) is 11.5. The van der Waals surface area contributed by atoms with Gasteiger partial charge in [-0.25, -0.2) is 0 Å². The van der Waals surface area contributed by atoms with Crippen molar-refractivity contribution in [3.63, 3.8) is 0 Å². The number of rotatable bonds is 11. The Kier molecular flexibility index (Phi) is 9.54. The number of para-hydroxylation sites is 1. The molecule has 0 aromatic heterocycles. The highest BCUT2D eigenvalue weighted by Gasteiger charge is 2.22. The molecule has 4 nitrogen and oxygen atoms in total. The van der Waals surface area contributed by atoms with Crippen LogP contribution in [0, 0.1) is 17.2 Å². The van der Waals surface area contributed by atoms with Crippen LogP contribution >= 0.6 is 0 Å². The summed E-state index contributed by atoms with van der Waals surface area (Å²) in [6, 6.07) is 11.9. The molecule has 1 aromatic rings. The summed E-state index contributed by atoms with van der Waals surface area (Å²) in [5, 5.41) is 9.29. The van der Waals surface area contributed by atoms with Crippen LogP contribution in [0.2, 0.25) is 0 Å². The molecule has 0 aliphatic rings. The smallest absolute Gasteiger partial charge is 0.239 e. The Morgan fingerprint density at radius 3 is 2.39 bits per heavy atom. The van der Waals surface area contributed by atoms with Crippen LogP contribution in [0.3, 0.4) is 0 Å². The largest absolute Gasteiger partial charge is 0.494 e. The highest BCUT2D eigenvalue weighted by molar-refractivity contribution is 5.81. The molecule has 0 saturated heterocycles. The van der Waals surface area contributed by atoms with Gasteiger partial charge < -0.3 is 9.64 Å². The summed E-state index contributed by atoms with van der Waals surface area (Å²) in [5.74, 6) is 0.322. The molecule has 0 spiro atoms. The Morgan fingerprint density at radius 1 is 1.17 bits per heavy atom. The van der Waals surface area contributed by atoms with E-state index in [9.17, 15) is 10.1 Å². The lowest BCUT2D eigenvalue weighted by molar-refractivity contribution is -0.134. The summed E-state index contributed by atoms with van der Waals surface area (Å²) in [7, 11) is 0. The highest BCUT2D eigenvalue weighted by atomic mass is 16.5. The fourth-order valence-electron chi connectivity index (χ4n) is 2.49. The Labute approximate surface area is 140 Å². The van der Waals surface area contributed by atoms with Gasteiger partial charge in [0.05, 0.1) is 12.7 Å². The third-order valence-corrected chi connectivity index (χ3v) is 3.65. The molecular formula is C19H28N2O2. The van der Waals surface area contributed by atoms with Crippen molar-refractivity contribution in [3.05, 3.63) is 30.3 Å². The predicted octanol–water partition coefficient (Wildman–Crippen LogP) is 4.02. The van der Waals surface area contributed by atoms with E-state index in [0.29, 0.717) is 13.0 Å². The SMILES string of the molecule is CCCN(CCC)C(=O)C(C#N)CCCCOc1ccccc1. The molecule has 0 saturated carbocycles. The average molecular weight is 316 g/mol. The molecule has 1 amide bonds. The van der Waals surface area contributed by atoms with Crippen LogP contribution in [0.25, 0.3) is 0 Å². The first-order valence-corrected chi connectivity index (χ1v) is 8.59. The third kappa shape index (κ3) is 7.19. The summed E-state index contributed by atoms with van der Waals surface area (Å²) in [6.45, 7) is 6.20. The van der Waals surface area contributed by atoms with Crippen LogP contribution in [-0.4, -0.2) is 30.5 Å². The molecule has 0 bridgehead atoms. The van der Waals surface area contributed by atoms with E-state index < -0.39 is 5.92 Å². The maximum atomic E-state index is 12.4. The van der Waals surface area contributed by atoms with Crippen LogP contribution < -0.4 is 4.74 Å². The van der Waals surface area contributed by atoms with Crippen molar-refractivity contribution in [2.45, 2.75) is 46.0 Å². The fraction of sp³-hybridized carbons (Fsp3) is 0.579. The van der Waals surface area contributed by atoms with Gasteiger partial charge >= 0.3 is 0 Å². The van der Waals surface area contributed by atoms with E-state index in [1.165, 1.54) is 0 Å². The van der Waals surface area contributed by atoms with E-state index >= 15 is 0 Å². The molecule has 4 heteroatoms. The van der Waals surface area contributed by atoms with E-state index in [1.807, 2.05) is 35.2 Å². The van der Waals surface area contributed by atoms with E-state index in [2.05, 4.69) is 19.9 Å². The van der Waals surface area contributed by atoms with Gasteiger partial charge in [0, 0.05) is 13.1 Å². The lowest BCUT2D eigenvalue weighted by atomic mass is 10.0. The molecule has 1 atom stereocenters. The minimum atomic E-state index is -0.523. The molecule has 1 unspecified atom stereocenters. The number of carbonyl (C=O) groups is 1. The molecule has 0 heterocycles. The minimum absolute atomic E-state index is 0.0137. The summed E-state index contributed by atoms with van der Waals surface area (Å²) < 4.78 is 5.63. The zero-order valence-electron chi connectivity index (χ0n) is 14.3. The molecule has 126 valence electrons. The van der Waals surface area contributed by atoms with Crippen molar-refractivity contribution in [1.29, 1.82) is 5.26 Å². The van der Waals surface area contributed by atoms with Crippen molar-refractivity contribution in [2.24, 2.45) is 5.92 Å². The Bertz CT molecular complexity index is 476. The Morgan fingerprint density at radius 2 is 1.83 bits per heavy atom. The first-order chi connectivity index (χ1) is 11.2. The van der Waals surface area contributed by atoms with E-state index in [0.717, 1.165) is 44.5 Å². The van der Waals surface area contributed by atoms with Gasteiger partial charge in [-0.3, -0.25) is 4.79 Å². The first-order valence-electron chi connectivity index (χ1n) is 8.59. The van der Waals surface area contributed by atoms with Gasteiger partial charge in [-0.05, 0) is 44.2 Å². The molecule has 1 rings (SSSR count). The molecule has 0 aliphatic carbocycles. The summed E-state index contributed by atoms with van der Waals surface area (Å²) in [4.78, 5) is 14.2. The van der Waals surface area contributed by atoms with Gasteiger partial charge in [0.1, 0.15) is 11.7 Å². The van der Waals surface area contributed by atoms with Crippen LogP contribution in [-0.2, 0) is 4.79 Å². The molecule has 0 fully saturated rings. The van der Waals surface area contributed by atoms with Crippen molar-refractivity contribution < 1.29 is 9.53 Å². The summed E-state index contributed by atoms with van der Waals surface area (Å²) in [5.41, 5.74) is 0. The number of amides is 1. The van der Waals surface area contributed by atoms with Crippen molar-refractivity contribution >= 4 is 5.91 Å². The standard InChI is InChI=1S/C19H28N2O2/c1-3-13-21(14-4-2)19(22)17(16-20)10-8-9-15-23-18-11-6-5-7-12-18/h5-7,11-12,17H,3-4,8-10,13-15H2,1-2H3. The third-order valence-electron chi connectivity index (χ3n) is 3.65. The molecule has 0 N–H and O–H groups in total. The topological polar surface area (TPSA) is 53.3 Å². The van der Waals surface area contributed by atoms with Crippen molar-refractivity contribution in [2.75, 3.05) is 19.7 Å². The van der Waals surface area contributed by atoms with Gasteiger partial charge in [-0.1, -0.05) is 32.0 Å². The van der Waals surface area contributed by atoms with Crippen LogP contribution in [0.5, 0.6) is 5.75 Å². The number of hydrogen-bond donors (Lipinski definition) is 0. The second-order valence-corrected chi connectivity index (χ2v) is 5.66. The minimum Gasteiger partial charge on any atom is -0.494 e. The maximum absolute atomic E-state index is 12.4. The second kappa shape index (κ2) is 11.5. The predicted molar refractivity (Wildman–Crippen MR) is 92.1 cm³/mol. The quantitative estimate of drug-likeness (QED) is 0.579. The molecular weight excluding hydrogens is 288 g/mol. The number of unbranched alkanes of at least 4 members (excludes halogenated alkanes) is 1. The van der Waals surface area contributed by atoms with Crippen molar-refractivity contribution in [3.8, 4) is 11.8 Å². The molecule has 1 aromatic carbocycles.